The summed E-state index contributed by atoms with van der Waals surface area (Å²) in [6.07, 6.45) is 2.98. The molecule has 0 aliphatic carbocycles. The standard InChI is InChI=1S/C22H21N3O5/c1-29-18-11-16(12-19(30-2)20(18)26)13-23-24-21(27)17-9-6-10-25(22(17)28)14-15-7-4-3-5-8-15/h3-13,26H,14H2,1-2H3,(H,24,27)/b23-13-. The van der Waals surface area contributed by atoms with Crippen molar-refractivity contribution in [3.8, 4) is 17.2 Å². The highest BCUT2D eigenvalue weighted by Gasteiger charge is 2.13. The Bertz CT molecular complexity index is 1100. The van der Waals surface area contributed by atoms with Crippen LogP contribution < -0.4 is 20.5 Å². The third-order valence-corrected chi connectivity index (χ3v) is 4.34. The third kappa shape index (κ3) is 4.67. The fraction of sp³-hybridized carbons (Fsp3) is 0.136. The lowest BCUT2D eigenvalue weighted by atomic mass is 10.2. The van der Waals surface area contributed by atoms with Crippen molar-refractivity contribution >= 4 is 12.1 Å². The summed E-state index contributed by atoms with van der Waals surface area (Å²) in [5, 5.41) is 13.8. The van der Waals surface area contributed by atoms with Gasteiger partial charge >= 0.3 is 0 Å². The summed E-state index contributed by atoms with van der Waals surface area (Å²) in [6, 6.07) is 15.6. The number of ether oxygens (including phenoxy) is 2. The SMILES string of the molecule is COc1cc(/C=N\NC(=O)c2cccn(Cc3ccccc3)c2=O)cc(OC)c1O. The predicted octanol–water partition coefficient (Wildman–Crippen LogP) is 2.38. The van der Waals surface area contributed by atoms with Crippen LogP contribution in [0.4, 0.5) is 0 Å². The second kappa shape index (κ2) is 9.42. The summed E-state index contributed by atoms with van der Waals surface area (Å²) >= 11 is 0. The molecule has 0 aliphatic rings. The molecule has 0 spiro atoms. The maximum atomic E-state index is 12.6. The zero-order chi connectivity index (χ0) is 21.5. The number of aromatic hydroxyl groups is 1. The number of amides is 1. The largest absolute Gasteiger partial charge is 0.502 e. The van der Waals surface area contributed by atoms with Crippen molar-refractivity contribution in [1.29, 1.82) is 0 Å². The average Bonchev–Trinajstić information content (AvgIpc) is 2.76. The summed E-state index contributed by atoms with van der Waals surface area (Å²) < 4.78 is 11.6. The maximum Gasteiger partial charge on any atom is 0.276 e. The molecule has 0 aliphatic heterocycles. The van der Waals surface area contributed by atoms with E-state index in [-0.39, 0.29) is 22.8 Å². The van der Waals surface area contributed by atoms with Crippen molar-refractivity contribution in [2.75, 3.05) is 14.2 Å². The van der Waals surface area contributed by atoms with Gasteiger partial charge in [-0.1, -0.05) is 30.3 Å². The van der Waals surface area contributed by atoms with Gasteiger partial charge < -0.3 is 19.1 Å². The van der Waals surface area contributed by atoms with Crippen LogP contribution in [-0.2, 0) is 6.54 Å². The number of aromatic nitrogens is 1. The number of carbonyl (C=O) groups is 1. The number of nitrogens with one attached hydrogen (secondary N) is 1. The molecule has 1 aromatic heterocycles. The van der Waals surface area contributed by atoms with E-state index in [0.717, 1.165) is 5.56 Å². The highest BCUT2D eigenvalue weighted by atomic mass is 16.5. The van der Waals surface area contributed by atoms with Crippen molar-refractivity contribution in [2.24, 2.45) is 5.10 Å². The van der Waals surface area contributed by atoms with Crippen molar-refractivity contribution in [3.05, 3.63) is 87.8 Å². The Morgan fingerprint density at radius 3 is 2.40 bits per heavy atom. The van der Waals surface area contributed by atoms with E-state index in [1.165, 1.54) is 43.2 Å². The molecule has 154 valence electrons. The third-order valence-electron chi connectivity index (χ3n) is 4.34. The van der Waals surface area contributed by atoms with E-state index in [1.54, 1.807) is 12.3 Å². The van der Waals surface area contributed by atoms with Gasteiger partial charge in [0.05, 0.1) is 27.0 Å². The summed E-state index contributed by atoms with van der Waals surface area (Å²) in [6.45, 7) is 0.358. The molecule has 0 saturated heterocycles. The molecular formula is C22H21N3O5. The van der Waals surface area contributed by atoms with Crippen LogP contribution in [-0.4, -0.2) is 36.0 Å². The minimum absolute atomic E-state index is 0.0218. The van der Waals surface area contributed by atoms with Crippen molar-refractivity contribution < 1.29 is 19.4 Å². The molecule has 0 radical (unpaired) electrons. The number of carbonyl (C=O) groups excluding carboxylic acids is 1. The molecule has 0 saturated carbocycles. The lowest BCUT2D eigenvalue weighted by molar-refractivity contribution is 0.0953. The van der Waals surface area contributed by atoms with Crippen molar-refractivity contribution in [2.45, 2.75) is 6.54 Å². The molecule has 1 heterocycles. The first-order valence-corrected chi connectivity index (χ1v) is 9.05. The van der Waals surface area contributed by atoms with Gasteiger partial charge in [0, 0.05) is 11.8 Å². The van der Waals surface area contributed by atoms with Gasteiger partial charge in [-0.2, -0.15) is 5.10 Å². The van der Waals surface area contributed by atoms with Gasteiger partial charge in [0.1, 0.15) is 5.56 Å². The number of hydrogen-bond donors (Lipinski definition) is 2. The zero-order valence-corrected chi connectivity index (χ0v) is 16.5. The van der Waals surface area contributed by atoms with Crippen LogP contribution in [0.2, 0.25) is 0 Å². The Balaban J connectivity index is 1.75. The fourth-order valence-electron chi connectivity index (χ4n) is 2.83. The van der Waals surface area contributed by atoms with E-state index in [0.29, 0.717) is 12.1 Å². The lowest BCUT2D eigenvalue weighted by Crippen LogP contribution is -2.30. The predicted molar refractivity (Wildman–Crippen MR) is 113 cm³/mol. The molecule has 2 aromatic carbocycles. The number of phenols is 1. The fourth-order valence-corrected chi connectivity index (χ4v) is 2.83. The first kappa shape index (κ1) is 20.7. The Kier molecular flexibility index (Phi) is 6.49. The molecule has 1 amide bonds. The smallest absolute Gasteiger partial charge is 0.276 e. The van der Waals surface area contributed by atoms with E-state index >= 15 is 0 Å². The Morgan fingerprint density at radius 1 is 1.10 bits per heavy atom. The Hall–Kier alpha value is -4.07. The van der Waals surface area contributed by atoms with Crippen molar-refractivity contribution in [3.63, 3.8) is 0 Å². The van der Waals surface area contributed by atoms with E-state index < -0.39 is 11.5 Å². The van der Waals surface area contributed by atoms with Crippen LogP contribution in [0.1, 0.15) is 21.5 Å². The normalized spacial score (nSPS) is 10.7. The molecular weight excluding hydrogens is 386 g/mol. The van der Waals surface area contributed by atoms with E-state index in [2.05, 4.69) is 10.5 Å². The number of phenolic OH excluding ortho intramolecular Hbond substituents is 1. The van der Waals surface area contributed by atoms with Gasteiger partial charge in [-0.3, -0.25) is 9.59 Å². The maximum absolute atomic E-state index is 12.6. The molecule has 0 bridgehead atoms. The van der Waals surface area contributed by atoms with Crippen molar-refractivity contribution in [1.82, 2.24) is 9.99 Å². The van der Waals surface area contributed by atoms with Gasteiger partial charge in [0.15, 0.2) is 11.5 Å². The van der Waals surface area contributed by atoms with Crippen LogP contribution >= 0.6 is 0 Å². The number of hydrazone groups is 1. The van der Waals surface area contributed by atoms with Crippen LogP contribution in [0.15, 0.2) is 70.7 Å². The number of methoxy groups -OCH3 is 2. The van der Waals surface area contributed by atoms with Gasteiger partial charge in [0.25, 0.3) is 11.5 Å². The monoisotopic (exact) mass is 407 g/mol. The molecule has 8 nitrogen and oxygen atoms in total. The van der Waals surface area contributed by atoms with Gasteiger partial charge in [0.2, 0.25) is 5.75 Å². The van der Waals surface area contributed by atoms with E-state index in [9.17, 15) is 14.7 Å². The average molecular weight is 407 g/mol. The van der Waals surface area contributed by atoms with E-state index in [4.69, 9.17) is 9.47 Å². The molecule has 0 atom stereocenters. The van der Waals surface area contributed by atoms with E-state index in [1.807, 2.05) is 30.3 Å². The summed E-state index contributed by atoms with van der Waals surface area (Å²) in [5.74, 6) is -0.358. The van der Waals surface area contributed by atoms with Gasteiger partial charge in [-0.05, 0) is 29.8 Å². The lowest BCUT2D eigenvalue weighted by Gasteiger charge is -2.09. The first-order chi connectivity index (χ1) is 14.5. The Morgan fingerprint density at radius 2 is 1.77 bits per heavy atom. The second-order valence-corrected chi connectivity index (χ2v) is 6.31. The number of rotatable bonds is 7. The molecule has 0 fully saturated rings. The molecule has 8 heteroatoms. The van der Waals surface area contributed by atoms with Gasteiger partial charge in [-0.25, -0.2) is 5.43 Å². The minimum atomic E-state index is -0.628. The van der Waals surface area contributed by atoms with Crippen LogP contribution in [0.5, 0.6) is 17.2 Å². The topological polar surface area (TPSA) is 102 Å². The highest BCUT2D eigenvalue weighted by molar-refractivity contribution is 5.94. The summed E-state index contributed by atoms with van der Waals surface area (Å²) in [5.41, 5.74) is 3.38. The van der Waals surface area contributed by atoms with Crippen LogP contribution in [0, 0.1) is 0 Å². The molecule has 2 N–H and O–H groups in total. The summed E-state index contributed by atoms with van der Waals surface area (Å²) in [4.78, 5) is 25.1. The highest BCUT2D eigenvalue weighted by Crippen LogP contribution is 2.36. The molecule has 30 heavy (non-hydrogen) atoms. The molecule has 3 aromatic rings. The minimum Gasteiger partial charge on any atom is -0.502 e. The second-order valence-electron chi connectivity index (χ2n) is 6.31. The molecule has 3 rings (SSSR count). The van der Waals surface area contributed by atoms with Gasteiger partial charge in [-0.15, -0.1) is 0 Å². The quantitative estimate of drug-likeness (QED) is 0.463. The number of hydrogen-bond acceptors (Lipinski definition) is 6. The van der Waals surface area contributed by atoms with Crippen LogP contribution in [0.25, 0.3) is 0 Å². The van der Waals surface area contributed by atoms with Crippen LogP contribution in [0.3, 0.4) is 0 Å². The number of pyridine rings is 1. The molecule has 0 unspecified atom stereocenters. The number of nitrogens with zero attached hydrogens (tertiary/aromatic N) is 2. The first-order valence-electron chi connectivity index (χ1n) is 9.05. The number of benzene rings is 2. The summed E-state index contributed by atoms with van der Waals surface area (Å²) in [7, 11) is 2.82. The Labute approximate surface area is 173 Å². The zero-order valence-electron chi connectivity index (χ0n) is 16.5.